The van der Waals surface area contributed by atoms with Crippen LogP contribution in [0.15, 0.2) is 54.7 Å². The van der Waals surface area contributed by atoms with Gasteiger partial charge in [0.05, 0.1) is 18.5 Å². The van der Waals surface area contributed by atoms with Crippen LogP contribution in [0.3, 0.4) is 0 Å². The van der Waals surface area contributed by atoms with Crippen LogP contribution in [0, 0.1) is 6.92 Å². The highest BCUT2D eigenvalue weighted by Crippen LogP contribution is 2.25. The molecule has 0 fully saturated rings. The number of nitrogens with one attached hydrogen (secondary N) is 1. The maximum Gasteiger partial charge on any atom is 0.243 e. The molecular weight excluding hydrogens is 412 g/mol. The Morgan fingerprint density at radius 3 is 2.42 bits per heavy atom. The van der Waals surface area contributed by atoms with Crippen LogP contribution in [-0.2, 0) is 6.54 Å². The fourth-order valence-corrected chi connectivity index (χ4v) is 3.35. The summed E-state index contributed by atoms with van der Waals surface area (Å²) in [6.45, 7) is 9.53. The van der Waals surface area contributed by atoms with Gasteiger partial charge in [0.15, 0.2) is 11.5 Å². The number of aryl methyl sites for hydroxylation is 1. The summed E-state index contributed by atoms with van der Waals surface area (Å²) in [5.74, 6) is 0.0839. The van der Waals surface area contributed by atoms with Gasteiger partial charge in [0.2, 0.25) is 5.88 Å². The van der Waals surface area contributed by atoms with Crippen LogP contribution in [0.1, 0.15) is 66.8 Å². The number of nitrogens with zero attached hydrogens (tertiary/aromatic N) is 2. The maximum absolute atomic E-state index is 13.2. The first-order valence-electron chi connectivity index (χ1n) is 11.5. The van der Waals surface area contributed by atoms with Gasteiger partial charge in [-0.25, -0.2) is 9.97 Å². The first kappa shape index (κ1) is 24.6. The second kappa shape index (κ2) is 11.7. The molecule has 3 N–H and O–H groups in total. The van der Waals surface area contributed by atoms with Crippen LogP contribution in [0.25, 0.3) is 11.3 Å². The van der Waals surface area contributed by atoms with E-state index in [1.807, 2.05) is 62.4 Å². The summed E-state index contributed by atoms with van der Waals surface area (Å²) in [4.78, 5) is 22.3. The molecule has 0 saturated heterocycles. The first-order valence-corrected chi connectivity index (χ1v) is 11.5. The van der Waals surface area contributed by atoms with Crippen LogP contribution in [0.4, 0.5) is 0 Å². The van der Waals surface area contributed by atoms with Gasteiger partial charge in [-0.3, -0.25) is 4.79 Å². The lowest BCUT2D eigenvalue weighted by Crippen LogP contribution is -2.22. The Hall–Kier alpha value is -3.09. The summed E-state index contributed by atoms with van der Waals surface area (Å²) in [6, 6.07) is 16.0. The third-order valence-electron chi connectivity index (χ3n) is 5.32. The molecule has 1 aromatic heterocycles. The third kappa shape index (κ3) is 6.94. The Morgan fingerprint density at radius 2 is 1.79 bits per heavy atom. The van der Waals surface area contributed by atoms with Crippen LogP contribution in [-0.4, -0.2) is 28.4 Å². The number of rotatable bonds is 11. The van der Waals surface area contributed by atoms with E-state index in [4.69, 9.17) is 10.5 Å². The van der Waals surface area contributed by atoms with Crippen molar-refractivity contribution >= 4 is 5.78 Å². The van der Waals surface area contributed by atoms with E-state index in [0.717, 1.165) is 29.7 Å². The third-order valence-corrected chi connectivity index (χ3v) is 5.32. The summed E-state index contributed by atoms with van der Waals surface area (Å²) in [5, 5.41) is 3.39. The molecular formula is C27H34N4O2. The van der Waals surface area contributed by atoms with Gasteiger partial charge in [-0.15, -0.1) is 0 Å². The van der Waals surface area contributed by atoms with Crippen molar-refractivity contribution < 1.29 is 9.53 Å². The quantitative estimate of drug-likeness (QED) is 0.402. The molecule has 33 heavy (non-hydrogen) atoms. The molecule has 174 valence electrons. The molecule has 2 aromatic carbocycles. The highest BCUT2D eigenvalue weighted by molar-refractivity contribution is 5.97. The molecule has 0 aliphatic rings. The molecule has 0 bridgehead atoms. The fraction of sp³-hybridized carbons (Fsp3) is 0.370. The topological polar surface area (TPSA) is 90.1 Å². The summed E-state index contributed by atoms with van der Waals surface area (Å²) < 4.78 is 5.72. The lowest BCUT2D eigenvalue weighted by molar-refractivity contribution is 0.0964. The SMILES string of the molecule is CCCOc1ncc(-c2ccc(C)cc2)nc1C(=O)CC(N)c1ccc(CNC(C)C)cc1. The predicted octanol–water partition coefficient (Wildman–Crippen LogP) is 5.01. The molecule has 0 radical (unpaired) electrons. The average molecular weight is 447 g/mol. The molecule has 6 heteroatoms. The maximum atomic E-state index is 13.2. The monoisotopic (exact) mass is 446 g/mol. The summed E-state index contributed by atoms with van der Waals surface area (Å²) in [5.41, 5.74) is 11.4. The molecule has 0 spiro atoms. The Labute approximate surface area is 196 Å². The Kier molecular flexibility index (Phi) is 8.69. The van der Waals surface area contributed by atoms with Crippen LogP contribution in [0.2, 0.25) is 0 Å². The van der Waals surface area contributed by atoms with E-state index in [-0.39, 0.29) is 23.8 Å². The molecule has 1 heterocycles. The minimum atomic E-state index is -0.437. The smallest absolute Gasteiger partial charge is 0.243 e. The van der Waals surface area contributed by atoms with E-state index in [1.54, 1.807) is 6.20 Å². The average Bonchev–Trinajstić information content (AvgIpc) is 2.82. The number of ketones is 1. The van der Waals surface area contributed by atoms with Crippen molar-refractivity contribution in [3.05, 3.63) is 77.1 Å². The second-order valence-electron chi connectivity index (χ2n) is 8.63. The molecule has 1 atom stereocenters. The number of hydrogen-bond acceptors (Lipinski definition) is 6. The van der Waals surface area contributed by atoms with E-state index < -0.39 is 6.04 Å². The van der Waals surface area contributed by atoms with Gasteiger partial charge in [0.1, 0.15) is 0 Å². The zero-order chi connectivity index (χ0) is 23.8. The van der Waals surface area contributed by atoms with E-state index >= 15 is 0 Å². The Balaban J connectivity index is 1.78. The van der Waals surface area contributed by atoms with Gasteiger partial charge in [-0.1, -0.05) is 74.9 Å². The number of nitrogens with two attached hydrogens (primary N) is 1. The molecule has 3 aromatic rings. The highest BCUT2D eigenvalue weighted by atomic mass is 16.5. The second-order valence-corrected chi connectivity index (χ2v) is 8.63. The standard InChI is InChI=1S/C27H34N4O2/c1-5-14-33-27-26(31-24(17-30-27)22-10-6-19(4)7-11-22)25(32)15-23(28)21-12-8-20(9-13-21)16-29-18(2)3/h6-13,17-18,23,29H,5,14-16,28H2,1-4H3. The first-order chi connectivity index (χ1) is 15.9. The van der Waals surface area contributed by atoms with Gasteiger partial charge < -0.3 is 15.8 Å². The van der Waals surface area contributed by atoms with Gasteiger partial charge >= 0.3 is 0 Å². The normalized spacial score (nSPS) is 12.1. The van der Waals surface area contributed by atoms with Crippen molar-refractivity contribution in [3.8, 4) is 17.1 Å². The van der Waals surface area contributed by atoms with Crippen LogP contribution >= 0.6 is 0 Å². The predicted molar refractivity (Wildman–Crippen MR) is 132 cm³/mol. The molecule has 0 aliphatic carbocycles. The van der Waals surface area contributed by atoms with Crippen molar-refractivity contribution in [3.63, 3.8) is 0 Å². The van der Waals surface area contributed by atoms with Gasteiger partial charge in [-0.2, -0.15) is 0 Å². The van der Waals surface area contributed by atoms with Crippen molar-refractivity contribution in [2.75, 3.05) is 6.61 Å². The number of Topliss-reactive ketones (excluding diaryl/α,β-unsaturated/α-hetero) is 1. The molecule has 0 amide bonds. The van der Waals surface area contributed by atoms with E-state index in [2.05, 4.69) is 29.1 Å². The van der Waals surface area contributed by atoms with Crippen molar-refractivity contribution in [1.82, 2.24) is 15.3 Å². The number of carbonyl (C=O) groups is 1. The number of ether oxygens (including phenoxy) is 1. The van der Waals surface area contributed by atoms with Crippen molar-refractivity contribution in [2.45, 2.75) is 59.2 Å². The molecule has 0 aliphatic heterocycles. The minimum Gasteiger partial charge on any atom is -0.476 e. The summed E-state index contributed by atoms with van der Waals surface area (Å²) >= 11 is 0. The van der Waals surface area contributed by atoms with E-state index in [0.29, 0.717) is 18.3 Å². The molecule has 0 saturated carbocycles. The summed E-state index contributed by atoms with van der Waals surface area (Å²) in [6.07, 6.45) is 2.58. The lowest BCUT2D eigenvalue weighted by Gasteiger charge is -2.15. The zero-order valence-corrected chi connectivity index (χ0v) is 20.0. The Bertz CT molecular complexity index is 1050. The fourth-order valence-electron chi connectivity index (χ4n) is 3.35. The van der Waals surface area contributed by atoms with Gasteiger partial charge in [0, 0.05) is 30.6 Å². The van der Waals surface area contributed by atoms with Crippen molar-refractivity contribution in [1.29, 1.82) is 0 Å². The van der Waals surface area contributed by atoms with Crippen LogP contribution in [0.5, 0.6) is 5.88 Å². The van der Waals surface area contributed by atoms with Crippen LogP contribution < -0.4 is 15.8 Å². The Morgan fingerprint density at radius 1 is 1.09 bits per heavy atom. The van der Waals surface area contributed by atoms with Gasteiger partial charge in [0.25, 0.3) is 0 Å². The lowest BCUT2D eigenvalue weighted by atomic mass is 9.99. The number of benzene rings is 2. The highest BCUT2D eigenvalue weighted by Gasteiger charge is 2.21. The number of aromatic nitrogens is 2. The molecule has 6 nitrogen and oxygen atoms in total. The number of carbonyl (C=O) groups excluding carboxylic acids is 1. The minimum absolute atomic E-state index is 0.123. The van der Waals surface area contributed by atoms with Gasteiger partial charge in [-0.05, 0) is 24.5 Å². The van der Waals surface area contributed by atoms with Crippen molar-refractivity contribution in [2.24, 2.45) is 5.73 Å². The largest absolute Gasteiger partial charge is 0.476 e. The summed E-state index contributed by atoms with van der Waals surface area (Å²) in [7, 11) is 0. The molecule has 1 unspecified atom stereocenters. The molecule has 3 rings (SSSR count). The zero-order valence-electron chi connectivity index (χ0n) is 20.0. The number of hydrogen-bond donors (Lipinski definition) is 2. The van der Waals surface area contributed by atoms with E-state index in [9.17, 15) is 4.79 Å². The van der Waals surface area contributed by atoms with E-state index in [1.165, 1.54) is 5.56 Å².